The Balaban J connectivity index is 1.99. The molecule has 0 spiro atoms. The number of methoxy groups -OCH3 is 1. The number of aryl methyl sites for hydroxylation is 1. The van der Waals surface area contributed by atoms with Crippen LogP contribution < -0.4 is 9.64 Å². The van der Waals surface area contributed by atoms with Gasteiger partial charge in [-0.05, 0) is 70.8 Å². The summed E-state index contributed by atoms with van der Waals surface area (Å²) in [5.74, 6) is -1.83. The first-order valence-corrected chi connectivity index (χ1v) is 13.2. The van der Waals surface area contributed by atoms with Gasteiger partial charge < -0.3 is 9.84 Å². The van der Waals surface area contributed by atoms with Crippen molar-refractivity contribution in [1.29, 1.82) is 0 Å². The van der Waals surface area contributed by atoms with Crippen LogP contribution in [0.2, 0.25) is 5.02 Å². The molecule has 1 N–H and O–H groups in total. The zero-order chi connectivity index (χ0) is 28.8. The number of rotatable bonds is 5. The number of aliphatic hydroxyl groups excluding tert-OH is 1. The summed E-state index contributed by atoms with van der Waals surface area (Å²) in [5.41, 5.74) is 3.76. The molecule has 3 aromatic rings. The SMILES string of the molecule is COc1cc(C)c(/C(O)=C2\C(=O)C(=O)N(c3ccc(F)c(Cl)c3)C2c2ccc(C(C)(C)C)cc2)cc1C(C)C. The molecule has 5 nitrogen and oxygen atoms in total. The third-order valence-corrected chi connectivity index (χ3v) is 7.46. The van der Waals surface area contributed by atoms with Gasteiger partial charge >= 0.3 is 0 Å². The molecule has 39 heavy (non-hydrogen) atoms. The highest BCUT2D eigenvalue weighted by molar-refractivity contribution is 6.51. The summed E-state index contributed by atoms with van der Waals surface area (Å²) >= 11 is 6.06. The molecule has 1 unspecified atom stereocenters. The first-order chi connectivity index (χ1) is 18.3. The number of carbonyl (C=O) groups excluding carboxylic acids is 2. The average Bonchev–Trinajstić information content (AvgIpc) is 3.14. The van der Waals surface area contributed by atoms with Crippen LogP contribution in [0.4, 0.5) is 10.1 Å². The maximum Gasteiger partial charge on any atom is 0.300 e. The molecular weight excluding hydrogens is 517 g/mol. The molecule has 1 aliphatic heterocycles. The zero-order valence-corrected chi connectivity index (χ0v) is 24.0. The number of nitrogens with zero attached hydrogens (tertiary/aromatic N) is 1. The average molecular weight is 550 g/mol. The van der Waals surface area contributed by atoms with Crippen LogP contribution in [0.5, 0.6) is 5.75 Å². The largest absolute Gasteiger partial charge is 0.507 e. The quantitative estimate of drug-likeness (QED) is 0.200. The minimum absolute atomic E-state index is 0.0491. The van der Waals surface area contributed by atoms with Crippen molar-refractivity contribution in [2.75, 3.05) is 12.0 Å². The van der Waals surface area contributed by atoms with Gasteiger partial charge in [0.1, 0.15) is 17.3 Å². The zero-order valence-electron chi connectivity index (χ0n) is 23.2. The molecular formula is C32H33ClFNO4. The van der Waals surface area contributed by atoms with Crippen LogP contribution in [0, 0.1) is 12.7 Å². The van der Waals surface area contributed by atoms with Crippen molar-refractivity contribution in [3.8, 4) is 5.75 Å². The number of halogens is 2. The van der Waals surface area contributed by atoms with Gasteiger partial charge in [0, 0.05) is 11.3 Å². The molecule has 0 aromatic heterocycles. The Labute approximate surface area is 233 Å². The van der Waals surface area contributed by atoms with Crippen LogP contribution in [0.15, 0.2) is 60.2 Å². The van der Waals surface area contributed by atoms with Gasteiger partial charge in [-0.25, -0.2) is 4.39 Å². The van der Waals surface area contributed by atoms with Crippen molar-refractivity contribution in [2.45, 2.75) is 58.9 Å². The van der Waals surface area contributed by atoms with Crippen LogP contribution in [0.3, 0.4) is 0 Å². The third-order valence-electron chi connectivity index (χ3n) is 7.17. The molecule has 0 saturated carbocycles. The van der Waals surface area contributed by atoms with E-state index in [0.29, 0.717) is 22.4 Å². The first-order valence-electron chi connectivity index (χ1n) is 12.8. The van der Waals surface area contributed by atoms with E-state index in [1.54, 1.807) is 13.2 Å². The lowest BCUT2D eigenvalue weighted by Gasteiger charge is -2.27. The van der Waals surface area contributed by atoms with Crippen molar-refractivity contribution in [2.24, 2.45) is 0 Å². The minimum atomic E-state index is -0.954. The van der Waals surface area contributed by atoms with E-state index in [0.717, 1.165) is 17.2 Å². The Hall–Kier alpha value is -3.64. The number of anilines is 1. The van der Waals surface area contributed by atoms with Gasteiger partial charge in [-0.3, -0.25) is 14.5 Å². The predicted octanol–water partition coefficient (Wildman–Crippen LogP) is 7.84. The lowest BCUT2D eigenvalue weighted by molar-refractivity contribution is -0.132. The highest BCUT2D eigenvalue weighted by atomic mass is 35.5. The second-order valence-electron chi connectivity index (χ2n) is 11.2. The van der Waals surface area contributed by atoms with Gasteiger partial charge in [0.05, 0.1) is 23.7 Å². The molecule has 4 rings (SSSR count). The lowest BCUT2D eigenvalue weighted by atomic mass is 9.85. The van der Waals surface area contributed by atoms with Crippen molar-refractivity contribution in [3.05, 3.63) is 98.8 Å². The summed E-state index contributed by atoms with van der Waals surface area (Å²) in [6, 6.07) is 14.1. The predicted molar refractivity (Wildman–Crippen MR) is 153 cm³/mol. The Kier molecular flexibility index (Phi) is 7.63. The van der Waals surface area contributed by atoms with Crippen LogP contribution >= 0.6 is 11.6 Å². The first kappa shape index (κ1) is 28.4. The highest BCUT2D eigenvalue weighted by Crippen LogP contribution is 2.44. The molecule has 3 aromatic carbocycles. The molecule has 1 saturated heterocycles. The second kappa shape index (κ2) is 10.5. The molecule has 204 valence electrons. The fourth-order valence-corrected chi connectivity index (χ4v) is 5.12. The number of ether oxygens (including phenoxy) is 1. The number of hydrogen-bond donors (Lipinski definition) is 1. The number of hydrogen-bond acceptors (Lipinski definition) is 4. The fraction of sp³-hybridized carbons (Fsp3) is 0.312. The Morgan fingerprint density at radius 2 is 1.69 bits per heavy atom. The fourth-order valence-electron chi connectivity index (χ4n) is 4.94. The van der Waals surface area contributed by atoms with Gasteiger partial charge in [-0.15, -0.1) is 0 Å². The molecule has 1 fully saturated rings. The van der Waals surface area contributed by atoms with Crippen molar-refractivity contribution in [1.82, 2.24) is 0 Å². The summed E-state index contributed by atoms with van der Waals surface area (Å²) in [6.07, 6.45) is 0. The molecule has 0 radical (unpaired) electrons. The van der Waals surface area contributed by atoms with E-state index in [2.05, 4.69) is 20.8 Å². The van der Waals surface area contributed by atoms with E-state index in [1.165, 1.54) is 17.0 Å². The van der Waals surface area contributed by atoms with E-state index >= 15 is 0 Å². The Morgan fingerprint density at radius 3 is 2.23 bits per heavy atom. The minimum Gasteiger partial charge on any atom is -0.507 e. The summed E-state index contributed by atoms with van der Waals surface area (Å²) in [5, 5.41) is 11.5. The van der Waals surface area contributed by atoms with E-state index in [1.807, 2.05) is 51.1 Å². The van der Waals surface area contributed by atoms with Gasteiger partial charge in [0.15, 0.2) is 0 Å². The summed E-state index contributed by atoms with van der Waals surface area (Å²) in [4.78, 5) is 28.3. The lowest BCUT2D eigenvalue weighted by Crippen LogP contribution is -2.29. The van der Waals surface area contributed by atoms with Gasteiger partial charge in [-0.2, -0.15) is 0 Å². The van der Waals surface area contributed by atoms with Crippen molar-refractivity contribution < 1.29 is 23.8 Å². The molecule has 0 aliphatic carbocycles. The second-order valence-corrected chi connectivity index (χ2v) is 11.6. The van der Waals surface area contributed by atoms with Crippen molar-refractivity contribution in [3.63, 3.8) is 0 Å². The summed E-state index contributed by atoms with van der Waals surface area (Å²) in [6.45, 7) is 12.1. The Morgan fingerprint density at radius 1 is 1.05 bits per heavy atom. The molecule has 7 heteroatoms. The number of ketones is 1. The number of amides is 1. The molecule has 0 bridgehead atoms. The molecule has 1 aliphatic rings. The maximum atomic E-state index is 14.0. The van der Waals surface area contributed by atoms with Gasteiger partial charge in [0.25, 0.3) is 11.7 Å². The van der Waals surface area contributed by atoms with Crippen LogP contribution in [0.25, 0.3) is 5.76 Å². The van der Waals surface area contributed by atoms with Crippen LogP contribution in [0.1, 0.15) is 74.4 Å². The standard InChI is InChI=1S/C32H33ClFNO4/c1-17(2)22-16-23(18(3)14-26(22)39-7)29(36)27-28(19-8-10-20(11-9-19)32(4,5)6)35(31(38)30(27)37)21-12-13-25(34)24(33)15-21/h8-17,28,36H,1-7H3/b29-27+. The number of carbonyl (C=O) groups is 2. The van der Waals surface area contributed by atoms with E-state index in [9.17, 15) is 19.1 Å². The molecule has 1 atom stereocenters. The smallest absolute Gasteiger partial charge is 0.300 e. The Bertz CT molecular complexity index is 1490. The number of aliphatic hydroxyl groups is 1. The van der Waals surface area contributed by atoms with Crippen LogP contribution in [-0.2, 0) is 15.0 Å². The van der Waals surface area contributed by atoms with Gasteiger partial charge in [-0.1, -0.05) is 70.5 Å². The third kappa shape index (κ3) is 5.18. The number of benzene rings is 3. The normalized spacial score (nSPS) is 17.3. The number of Topliss-reactive ketones (excluding diaryl/α,β-unsaturated/α-hetero) is 1. The van der Waals surface area contributed by atoms with E-state index in [-0.39, 0.29) is 33.4 Å². The summed E-state index contributed by atoms with van der Waals surface area (Å²) in [7, 11) is 1.58. The van der Waals surface area contributed by atoms with E-state index < -0.39 is 23.5 Å². The maximum absolute atomic E-state index is 14.0. The molecule has 1 amide bonds. The topological polar surface area (TPSA) is 66.8 Å². The summed E-state index contributed by atoms with van der Waals surface area (Å²) < 4.78 is 19.5. The molecule has 1 heterocycles. The van der Waals surface area contributed by atoms with Crippen molar-refractivity contribution >= 4 is 34.7 Å². The van der Waals surface area contributed by atoms with E-state index in [4.69, 9.17) is 16.3 Å². The van der Waals surface area contributed by atoms with Gasteiger partial charge in [0.2, 0.25) is 0 Å². The monoisotopic (exact) mass is 549 g/mol. The highest BCUT2D eigenvalue weighted by Gasteiger charge is 2.47. The van der Waals surface area contributed by atoms with Crippen LogP contribution in [-0.4, -0.2) is 23.9 Å².